The Labute approximate surface area is 84.4 Å². The lowest BCUT2D eigenvalue weighted by Gasteiger charge is -2.35. The van der Waals surface area contributed by atoms with E-state index in [1.807, 2.05) is 18.7 Å². The van der Waals surface area contributed by atoms with Crippen LogP contribution < -0.4 is 0 Å². The van der Waals surface area contributed by atoms with Crippen molar-refractivity contribution in [2.45, 2.75) is 38.8 Å². The SMILES string of the molecule is CCC(C)N1CC(CC#N)OCC1=O. The predicted octanol–water partition coefficient (Wildman–Crippen LogP) is 0.926. The van der Waals surface area contributed by atoms with Crippen LogP contribution in [0.3, 0.4) is 0 Å². The van der Waals surface area contributed by atoms with Gasteiger partial charge in [0.1, 0.15) is 6.61 Å². The average molecular weight is 196 g/mol. The van der Waals surface area contributed by atoms with Crippen molar-refractivity contribution in [3.05, 3.63) is 0 Å². The first-order chi connectivity index (χ1) is 6.69. The van der Waals surface area contributed by atoms with Crippen LogP contribution >= 0.6 is 0 Å². The van der Waals surface area contributed by atoms with Crippen molar-refractivity contribution in [1.82, 2.24) is 4.90 Å². The lowest BCUT2D eigenvalue weighted by molar-refractivity contribution is -0.151. The number of carbonyl (C=O) groups excluding carboxylic acids is 1. The molecule has 2 atom stereocenters. The van der Waals surface area contributed by atoms with E-state index in [0.29, 0.717) is 13.0 Å². The topological polar surface area (TPSA) is 53.3 Å². The molecule has 0 aliphatic carbocycles. The van der Waals surface area contributed by atoms with Crippen LogP contribution in [0.1, 0.15) is 26.7 Å². The number of morpholine rings is 1. The van der Waals surface area contributed by atoms with Crippen molar-refractivity contribution in [2.24, 2.45) is 0 Å². The summed E-state index contributed by atoms with van der Waals surface area (Å²) < 4.78 is 5.24. The van der Waals surface area contributed by atoms with Crippen LogP contribution in [0.5, 0.6) is 0 Å². The Kier molecular flexibility index (Phi) is 3.90. The largest absolute Gasteiger partial charge is 0.365 e. The summed E-state index contributed by atoms with van der Waals surface area (Å²) in [7, 11) is 0. The van der Waals surface area contributed by atoms with Crippen LogP contribution in [0.2, 0.25) is 0 Å². The van der Waals surface area contributed by atoms with Gasteiger partial charge < -0.3 is 9.64 Å². The molecule has 0 aromatic heterocycles. The molecule has 0 aromatic carbocycles. The maximum Gasteiger partial charge on any atom is 0.248 e. The maximum atomic E-state index is 11.5. The molecule has 4 nitrogen and oxygen atoms in total. The number of amides is 1. The lowest BCUT2D eigenvalue weighted by atomic mass is 10.1. The third kappa shape index (κ3) is 2.46. The molecule has 1 saturated heterocycles. The standard InChI is InChI=1S/C10H16N2O2/c1-3-8(2)12-6-9(4-5-11)14-7-10(12)13/h8-9H,3-4,6-7H2,1-2H3. The lowest BCUT2D eigenvalue weighted by Crippen LogP contribution is -2.50. The van der Waals surface area contributed by atoms with Gasteiger partial charge in [0, 0.05) is 12.6 Å². The molecule has 0 spiro atoms. The summed E-state index contributed by atoms with van der Waals surface area (Å²) in [5.41, 5.74) is 0. The molecule has 14 heavy (non-hydrogen) atoms. The van der Waals surface area contributed by atoms with Crippen LogP contribution in [0.25, 0.3) is 0 Å². The molecule has 0 radical (unpaired) electrons. The Bertz CT molecular complexity index is 247. The number of hydrogen-bond acceptors (Lipinski definition) is 3. The second-order valence-corrected chi connectivity index (χ2v) is 3.60. The number of ether oxygens (including phenoxy) is 1. The Morgan fingerprint density at radius 3 is 3.07 bits per heavy atom. The summed E-state index contributed by atoms with van der Waals surface area (Å²) in [5.74, 6) is 0.0357. The van der Waals surface area contributed by atoms with Gasteiger partial charge >= 0.3 is 0 Å². The van der Waals surface area contributed by atoms with Gasteiger partial charge in [-0.05, 0) is 13.3 Å². The summed E-state index contributed by atoms with van der Waals surface area (Å²) in [5, 5.41) is 8.53. The van der Waals surface area contributed by atoms with Crippen LogP contribution in [-0.2, 0) is 9.53 Å². The van der Waals surface area contributed by atoms with Gasteiger partial charge in [0.05, 0.1) is 18.6 Å². The first-order valence-corrected chi connectivity index (χ1v) is 4.97. The van der Waals surface area contributed by atoms with Gasteiger partial charge in [-0.2, -0.15) is 5.26 Å². The van der Waals surface area contributed by atoms with Crippen molar-refractivity contribution in [1.29, 1.82) is 5.26 Å². The molecule has 1 fully saturated rings. The van der Waals surface area contributed by atoms with E-state index in [1.165, 1.54) is 0 Å². The Hall–Kier alpha value is -1.08. The number of nitrogens with zero attached hydrogens (tertiary/aromatic N) is 2. The van der Waals surface area contributed by atoms with E-state index in [2.05, 4.69) is 6.07 Å². The second-order valence-electron chi connectivity index (χ2n) is 3.60. The molecule has 78 valence electrons. The first-order valence-electron chi connectivity index (χ1n) is 4.97. The summed E-state index contributed by atoms with van der Waals surface area (Å²) in [6, 6.07) is 2.31. The molecular formula is C10H16N2O2. The molecule has 1 rings (SSSR count). The number of carbonyl (C=O) groups is 1. The third-order valence-corrected chi connectivity index (χ3v) is 2.61. The minimum atomic E-state index is -0.105. The molecule has 1 heterocycles. The minimum Gasteiger partial charge on any atom is -0.365 e. The van der Waals surface area contributed by atoms with Crippen LogP contribution in [0.15, 0.2) is 0 Å². The predicted molar refractivity (Wildman–Crippen MR) is 51.4 cm³/mol. The maximum absolute atomic E-state index is 11.5. The van der Waals surface area contributed by atoms with E-state index in [1.54, 1.807) is 0 Å². The van der Waals surface area contributed by atoms with Gasteiger partial charge in [-0.25, -0.2) is 0 Å². The number of nitriles is 1. The smallest absolute Gasteiger partial charge is 0.248 e. The fourth-order valence-corrected chi connectivity index (χ4v) is 1.52. The van der Waals surface area contributed by atoms with E-state index in [4.69, 9.17) is 10.00 Å². The van der Waals surface area contributed by atoms with E-state index in [9.17, 15) is 4.79 Å². The van der Waals surface area contributed by atoms with Crippen LogP contribution in [-0.4, -0.2) is 36.1 Å². The Morgan fingerprint density at radius 1 is 1.79 bits per heavy atom. The molecule has 1 amide bonds. The highest BCUT2D eigenvalue weighted by molar-refractivity contribution is 5.78. The van der Waals surface area contributed by atoms with E-state index in [0.717, 1.165) is 6.42 Å². The minimum absolute atomic E-state index is 0.0357. The molecule has 0 bridgehead atoms. The highest BCUT2D eigenvalue weighted by atomic mass is 16.5. The van der Waals surface area contributed by atoms with Crippen molar-refractivity contribution >= 4 is 5.91 Å². The summed E-state index contributed by atoms with van der Waals surface area (Å²) in [6.07, 6.45) is 1.19. The van der Waals surface area contributed by atoms with Gasteiger partial charge in [-0.15, -0.1) is 0 Å². The van der Waals surface area contributed by atoms with Gasteiger partial charge in [0.25, 0.3) is 0 Å². The Balaban J connectivity index is 2.55. The van der Waals surface area contributed by atoms with Crippen LogP contribution in [0, 0.1) is 11.3 Å². The number of hydrogen-bond donors (Lipinski definition) is 0. The van der Waals surface area contributed by atoms with Gasteiger partial charge in [0.2, 0.25) is 5.91 Å². The van der Waals surface area contributed by atoms with Crippen molar-refractivity contribution in [2.75, 3.05) is 13.2 Å². The fourth-order valence-electron chi connectivity index (χ4n) is 1.52. The highest BCUT2D eigenvalue weighted by Gasteiger charge is 2.28. The zero-order chi connectivity index (χ0) is 10.6. The number of rotatable bonds is 3. The van der Waals surface area contributed by atoms with Gasteiger partial charge in [-0.3, -0.25) is 4.79 Å². The monoisotopic (exact) mass is 196 g/mol. The van der Waals surface area contributed by atoms with E-state index >= 15 is 0 Å². The summed E-state index contributed by atoms with van der Waals surface area (Å²) in [6.45, 7) is 4.75. The van der Waals surface area contributed by atoms with E-state index < -0.39 is 0 Å². The van der Waals surface area contributed by atoms with Gasteiger partial charge in [0.15, 0.2) is 0 Å². The van der Waals surface area contributed by atoms with Crippen molar-refractivity contribution in [3.63, 3.8) is 0 Å². The molecule has 1 aliphatic rings. The van der Waals surface area contributed by atoms with Gasteiger partial charge in [-0.1, -0.05) is 6.92 Å². The quantitative estimate of drug-likeness (QED) is 0.674. The fraction of sp³-hybridized carbons (Fsp3) is 0.800. The normalized spacial score (nSPS) is 24.5. The van der Waals surface area contributed by atoms with Crippen molar-refractivity contribution in [3.8, 4) is 6.07 Å². The van der Waals surface area contributed by atoms with E-state index in [-0.39, 0.29) is 24.7 Å². The van der Waals surface area contributed by atoms with Crippen LogP contribution in [0.4, 0.5) is 0 Å². The molecule has 2 unspecified atom stereocenters. The third-order valence-electron chi connectivity index (χ3n) is 2.61. The molecule has 0 aromatic rings. The molecule has 4 heteroatoms. The highest BCUT2D eigenvalue weighted by Crippen LogP contribution is 2.13. The summed E-state index contributed by atoms with van der Waals surface area (Å²) >= 11 is 0. The zero-order valence-electron chi connectivity index (χ0n) is 8.69. The first kappa shape index (κ1) is 11.0. The molecule has 0 saturated carbocycles. The second kappa shape index (κ2) is 4.97. The molecule has 0 N–H and O–H groups in total. The zero-order valence-corrected chi connectivity index (χ0v) is 8.69. The summed E-state index contributed by atoms with van der Waals surface area (Å²) in [4.78, 5) is 13.3. The van der Waals surface area contributed by atoms with Crippen molar-refractivity contribution < 1.29 is 9.53 Å². The molecule has 1 aliphatic heterocycles. The average Bonchev–Trinajstić information content (AvgIpc) is 2.20. The Morgan fingerprint density at radius 2 is 2.50 bits per heavy atom. The molecular weight excluding hydrogens is 180 g/mol.